The Morgan fingerprint density at radius 3 is 2.83 bits per heavy atom. The molecule has 6 nitrogen and oxygen atoms in total. The van der Waals surface area contributed by atoms with E-state index in [1.54, 1.807) is 10.9 Å². The fraction of sp³-hybridized carbons (Fsp3) is 0.250. The van der Waals surface area contributed by atoms with Crippen molar-refractivity contribution in [3.63, 3.8) is 0 Å². The summed E-state index contributed by atoms with van der Waals surface area (Å²) in [4.78, 5) is 17.0. The van der Waals surface area contributed by atoms with Gasteiger partial charge in [0.05, 0.1) is 10.9 Å². The van der Waals surface area contributed by atoms with Crippen molar-refractivity contribution in [1.82, 2.24) is 19.7 Å². The van der Waals surface area contributed by atoms with Crippen molar-refractivity contribution < 1.29 is 4.79 Å². The molecule has 1 aromatic carbocycles. The summed E-state index contributed by atoms with van der Waals surface area (Å²) in [6.07, 6.45) is 2.32. The quantitative estimate of drug-likeness (QED) is 0.683. The summed E-state index contributed by atoms with van der Waals surface area (Å²) in [5.41, 5.74) is 1.90. The van der Waals surface area contributed by atoms with Gasteiger partial charge in [-0.05, 0) is 6.42 Å². The van der Waals surface area contributed by atoms with Crippen LogP contribution in [0.15, 0.2) is 47.2 Å². The number of amides is 1. The number of nitrogens with one attached hydrogen (secondary N) is 1. The maximum atomic E-state index is 12.5. The molecule has 0 radical (unpaired) electrons. The van der Waals surface area contributed by atoms with Crippen molar-refractivity contribution >= 4 is 34.1 Å². The first kappa shape index (κ1) is 16.7. The fourth-order valence-electron chi connectivity index (χ4n) is 2.09. The van der Waals surface area contributed by atoms with Crippen LogP contribution in [-0.4, -0.2) is 30.9 Å². The van der Waals surface area contributed by atoms with E-state index < -0.39 is 0 Å². The van der Waals surface area contributed by atoms with Gasteiger partial charge in [-0.2, -0.15) is 0 Å². The van der Waals surface area contributed by atoms with E-state index in [1.165, 1.54) is 23.1 Å². The van der Waals surface area contributed by atoms with Crippen LogP contribution in [0, 0.1) is 0 Å². The van der Waals surface area contributed by atoms with E-state index in [0.29, 0.717) is 11.6 Å². The van der Waals surface area contributed by atoms with Gasteiger partial charge in [0, 0.05) is 18.0 Å². The minimum atomic E-state index is -0.239. The number of hydrogen-bond acceptors (Lipinski definition) is 6. The van der Waals surface area contributed by atoms with Crippen molar-refractivity contribution in [2.24, 2.45) is 7.05 Å². The molecular weight excluding hydrogens is 342 g/mol. The number of nitrogens with zero attached hydrogens (tertiary/aromatic N) is 4. The molecule has 1 amide bonds. The molecule has 3 aromatic rings. The maximum absolute atomic E-state index is 12.5. The van der Waals surface area contributed by atoms with Crippen LogP contribution in [0.5, 0.6) is 0 Å². The summed E-state index contributed by atoms with van der Waals surface area (Å²) in [5, 5.41) is 13.8. The zero-order valence-electron chi connectivity index (χ0n) is 13.3. The molecule has 0 aliphatic carbocycles. The Hall–Kier alpha value is -2.19. The molecule has 0 saturated heterocycles. The molecule has 8 heteroatoms. The second-order valence-corrected chi connectivity index (χ2v) is 7.16. The van der Waals surface area contributed by atoms with Crippen molar-refractivity contribution in [3.05, 3.63) is 42.0 Å². The second-order valence-electron chi connectivity index (χ2n) is 5.13. The molecule has 0 bridgehead atoms. The number of aryl methyl sites for hydroxylation is 1. The SMILES string of the molecule is CCC(Sc1nncn1C)C(=O)Nc1nc(-c2ccccc2)cs1. The third-order valence-electron chi connectivity index (χ3n) is 3.38. The van der Waals surface area contributed by atoms with Crippen molar-refractivity contribution in [2.75, 3.05) is 5.32 Å². The topological polar surface area (TPSA) is 72.7 Å². The monoisotopic (exact) mass is 359 g/mol. The van der Waals surface area contributed by atoms with Gasteiger partial charge in [0.15, 0.2) is 10.3 Å². The van der Waals surface area contributed by atoms with Gasteiger partial charge in [0.2, 0.25) is 5.91 Å². The highest BCUT2D eigenvalue weighted by atomic mass is 32.2. The zero-order chi connectivity index (χ0) is 16.9. The summed E-state index contributed by atoms with van der Waals surface area (Å²) in [6.45, 7) is 1.98. The molecule has 3 rings (SSSR count). The van der Waals surface area contributed by atoms with Crippen molar-refractivity contribution in [3.8, 4) is 11.3 Å². The van der Waals surface area contributed by atoms with Crippen LogP contribution in [0.3, 0.4) is 0 Å². The Balaban J connectivity index is 1.67. The average molecular weight is 359 g/mol. The van der Waals surface area contributed by atoms with E-state index in [4.69, 9.17) is 0 Å². The van der Waals surface area contributed by atoms with E-state index >= 15 is 0 Å². The number of benzene rings is 1. The van der Waals surface area contributed by atoms with Gasteiger partial charge in [-0.3, -0.25) is 4.79 Å². The Morgan fingerprint density at radius 2 is 2.17 bits per heavy atom. The van der Waals surface area contributed by atoms with Crippen LogP contribution in [0.25, 0.3) is 11.3 Å². The third kappa shape index (κ3) is 3.82. The van der Waals surface area contributed by atoms with Gasteiger partial charge in [-0.25, -0.2) is 4.98 Å². The minimum Gasteiger partial charge on any atom is -0.312 e. The average Bonchev–Trinajstić information content (AvgIpc) is 3.22. The van der Waals surface area contributed by atoms with Gasteiger partial charge in [-0.1, -0.05) is 49.0 Å². The number of thiazole rings is 1. The van der Waals surface area contributed by atoms with Gasteiger partial charge >= 0.3 is 0 Å². The minimum absolute atomic E-state index is 0.0699. The van der Waals surface area contributed by atoms with Crippen LogP contribution in [0.2, 0.25) is 0 Å². The maximum Gasteiger partial charge on any atom is 0.239 e. The standard InChI is InChI=1S/C16H17N5OS2/c1-3-13(24-16-20-17-10-21(16)2)14(22)19-15-18-12(9-23-15)11-7-5-4-6-8-11/h4-10,13H,3H2,1-2H3,(H,18,19,22). The number of hydrogen-bond donors (Lipinski definition) is 1. The number of aromatic nitrogens is 4. The fourth-order valence-corrected chi connectivity index (χ4v) is 3.70. The summed E-state index contributed by atoms with van der Waals surface area (Å²) in [7, 11) is 1.86. The largest absolute Gasteiger partial charge is 0.312 e. The van der Waals surface area contributed by atoms with E-state index in [0.717, 1.165) is 16.4 Å². The van der Waals surface area contributed by atoms with E-state index in [2.05, 4.69) is 20.5 Å². The summed E-state index contributed by atoms with van der Waals surface area (Å²) < 4.78 is 1.80. The Kier molecular flexibility index (Phi) is 5.27. The lowest BCUT2D eigenvalue weighted by atomic mass is 10.2. The summed E-state index contributed by atoms with van der Waals surface area (Å²) in [5.74, 6) is -0.0699. The van der Waals surface area contributed by atoms with E-state index in [9.17, 15) is 4.79 Å². The highest BCUT2D eigenvalue weighted by Crippen LogP contribution is 2.27. The molecule has 0 aliphatic heterocycles. The molecule has 1 unspecified atom stereocenters. The van der Waals surface area contributed by atoms with Crippen LogP contribution in [-0.2, 0) is 11.8 Å². The van der Waals surface area contributed by atoms with Gasteiger partial charge < -0.3 is 9.88 Å². The lowest BCUT2D eigenvalue weighted by Gasteiger charge is -2.12. The number of anilines is 1. The van der Waals surface area contributed by atoms with Gasteiger partial charge in [-0.15, -0.1) is 21.5 Å². The molecule has 0 saturated carbocycles. The third-order valence-corrected chi connectivity index (χ3v) is 5.55. The van der Waals surface area contributed by atoms with Crippen molar-refractivity contribution in [1.29, 1.82) is 0 Å². The van der Waals surface area contributed by atoms with Crippen LogP contribution in [0.1, 0.15) is 13.3 Å². The normalized spacial score (nSPS) is 12.1. The lowest BCUT2D eigenvalue weighted by Crippen LogP contribution is -2.24. The number of thioether (sulfide) groups is 1. The molecule has 0 fully saturated rings. The van der Waals surface area contributed by atoms with Crippen LogP contribution in [0.4, 0.5) is 5.13 Å². The zero-order valence-corrected chi connectivity index (χ0v) is 15.0. The second kappa shape index (κ2) is 7.59. The molecular formula is C16H17N5OS2. The summed E-state index contributed by atoms with van der Waals surface area (Å²) >= 11 is 2.83. The lowest BCUT2D eigenvalue weighted by molar-refractivity contribution is -0.115. The Morgan fingerprint density at radius 1 is 1.38 bits per heavy atom. The molecule has 1 atom stereocenters. The van der Waals surface area contributed by atoms with E-state index in [1.807, 2.05) is 49.7 Å². The molecule has 2 aromatic heterocycles. The Labute approximate surface area is 148 Å². The highest BCUT2D eigenvalue weighted by molar-refractivity contribution is 8.00. The summed E-state index contributed by atoms with van der Waals surface area (Å²) in [6, 6.07) is 9.90. The van der Waals surface area contributed by atoms with Gasteiger partial charge in [0.1, 0.15) is 6.33 Å². The molecule has 1 N–H and O–H groups in total. The Bertz CT molecular complexity index is 815. The first-order valence-electron chi connectivity index (χ1n) is 7.50. The van der Waals surface area contributed by atoms with Gasteiger partial charge in [0.25, 0.3) is 0 Å². The smallest absolute Gasteiger partial charge is 0.239 e. The molecule has 0 aliphatic rings. The molecule has 24 heavy (non-hydrogen) atoms. The van der Waals surface area contributed by atoms with Crippen molar-refractivity contribution in [2.45, 2.75) is 23.8 Å². The van der Waals surface area contributed by atoms with Crippen LogP contribution >= 0.6 is 23.1 Å². The first-order chi connectivity index (χ1) is 11.7. The first-order valence-corrected chi connectivity index (χ1v) is 9.25. The number of carbonyl (C=O) groups excluding carboxylic acids is 1. The number of rotatable bonds is 6. The molecule has 124 valence electrons. The predicted octanol–water partition coefficient (Wildman–Crippen LogP) is 3.45. The van der Waals surface area contributed by atoms with E-state index in [-0.39, 0.29) is 11.2 Å². The number of carbonyl (C=O) groups is 1. The molecule has 2 heterocycles. The predicted molar refractivity (Wildman–Crippen MR) is 97.1 cm³/mol. The molecule has 0 spiro atoms. The highest BCUT2D eigenvalue weighted by Gasteiger charge is 2.21. The van der Waals surface area contributed by atoms with Crippen LogP contribution < -0.4 is 5.32 Å².